The van der Waals surface area contributed by atoms with E-state index >= 15 is 0 Å². The van der Waals surface area contributed by atoms with Crippen LogP contribution in [0.25, 0.3) is 11.1 Å². The largest absolute Gasteiger partial charge is 4.00 e. The third-order valence-corrected chi connectivity index (χ3v) is 6.59. The Hall–Kier alpha value is -0.570. The Bertz CT molecular complexity index is 789. The number of aliphatic hydroxyl groups is 1. The summed E-state index contributed by atoms with van der Waals surface area (Å²) in [5.41, 5.74) is 6.97. The van der Waals surface area contributed by atoms with E-state index < -0.39 is 8.80 Å². The Morgan fingerprint density at radius 1 is 1.00 bits per heavy atom. The van der Waals surface area contributed by atoms with E-state index in [1.807, 2.05) is 6.07 Å². The number of rotatable bonds is 4. The summed E-state index contributed by atoms with van der Waals surface area (Å²) in [5.74, 6) is 0. The van der Waals surface area contributed by atoms with Gasteiger partial charge < -0.3 is 29.9 Å². The molecule has 0 heterocycles. The van der Waals surface area contributed by atoms with Gasteiger partial charge >= 0.3 is 26.2 Å². The second-order valence-corrected chi connectivity index (χ2v) is 9.82. The average Bonchev–Trinajstić information content (AvgIpc) is 3.25. The fourth-order valence-corrected chi connectivity index (χ4v) is 5.01. The minimum Gasteiger partial charge on any atom is -1.00 e. The second kappa shape index (κ2) is 13.6. The van der Waals surface area contributed by atoms with Crippen molar-refractivity contribution >= 4 is 14.0 Å². The van der Waals surface area contributed by atoms with Crippen LogP contribution in [0.3, 0.4) is 0 Å². The minimum atomic E-state index is -0.644. The van der Waals surface area contributed by atoms with Crippen molar-refractivity contribution in [2.45, 2.75) is 32.4 Å². The zero-order valence-corrected chi connectivity index (χ0v) is 21.5. The van der Waals surface area contributed by atoms with Gasteiger partial charge in [-0.25, -0.2) is 12.1 Å². The molecule has 0 amide bonds. The Morgan fingerprint density at radius 2 is 1.71 bits per heavy atom. The predicted molar refractivity (Wildman–Crippen MR) is 109 cm³/mol. The fraction of sp³-hybridized carbons (Fsp3) is 0.261. The molecule has 146 valence electrons. The van der Waals surface area contributed by atoms with Crippen molar-refractivity contribution in [1.82, 2.24) is 0 Å². The van der Waals surface area contributed by atoms with Crippen molar-refractivity contribution in [3.8, 4) is 11.1 Å². The first-order chi connectivity index (χ1) is 12.2. The van der Waals surface area contributed by atoms with Crippen LogP contribution in [-0.4, -0.2) is 20.5 Å². The Balaban J connectivity index is 0.000000472. The van der Waals surface area contributed by atoms with Crippen LogP contribution in [-0.2, 0) is 39.0 Å². The molecule has 0 saturated heterocycles. The number of hydrogen-bond donors (Lipinski definition) is 1. The van der Waals surface area contributed by atoms with Crippen LogP contribution in [0.4, 0.5) is 0 Å². The summed E-state index contributed by atoms with van der Waals surface area (Å²) in [5, 5.41) is 10.3. The number of aliphatic hydroxyl groups excluding tert-OH is 1. The van der Waals surface area contributed by atoms with E-state index in [4.69, 9.17) is 5.11 Å². The van der Waals surface area contributed by atoms with E-state index in [0.29, 0.717) is 6.61 Å². The number of hydrogen-bond acceptors (Lipinski definition) is 1. The molecule has 1 aliphatic carbocycles. The molecule has 3 aromatic carbocycles. The van der Waals surface area contributed by atoms with Crippen molar-refractivity contribution in [2.24, 2.45) is 0 Å². The van der Waals surface area contributed by atoms with Gasteiger partial charge in [0.15, 0.2) is 0 Å². The summed E-state index contributed by atoms with van der Waals surface area (Å²) in [7, 11) is -0.644. The summed E-state index contributed by atoms with van der Waals surface area (Å²) in [4.78, 5) is 0. The van der Waals surface area contributed by atoms with Crippen LogP contribution in [0.1, 0.15) is 23.1 Å². The van der Waals surface area contributed by atoms with Gasteiger partial charge in [0.05, 0.1) is 0 Å². The van der Waals surface area contributed by atoms with Gasteiger partial charge in [0.2, 0.25) is 0 Å². The second-order valence-electron chi connectivity index (χ2n) is 6.88. The Labute approximate surface area is 202 Å². The van der Waals surface area contributed by atoms with Gasteiger partial charge in [0, 0.05) is 15.4 Å². The third kappa shape index (κ3) is 6.75. The molecule has 0 radical (unpaired) electrons. The van der Waals surface area contributed by atoms with E-state index in [1.54, 1.807) is 5.19 Å². The van der Waals surface area contributed by atoms with Crippen LogP contribution in [0.2, 0.25) is 13.1 Å². The molecule has 0 atom stereocenters. The average molecular weight is 509 g/mol. The van der Waals surface area contributed by atoms with Gasteiger partial charge in [-0.3, -0.25) is 0 Å². The monoisotopic (exact) mass is 506 g/mol. The first-order valence-corrected chi connectivity index (χ1v) is 12.0. The molecule has 0 bridgehead atoms. The molecule has 0 aromatic heterocycles. The number of halogens is 2. The van der Waals surface area contributed by atoms with Crippen LogP contribution in [0.15, 0.2) is 60.7 Å². The molecular formula is C23H26Cl2OSiZr. The summed E-state index contributed by atoms with van der Waals surface area (Å²) >= 11 is 0. The minimum absolute atomic E-state index is 0. The van der Waals surface area contributed by atoms with Gasteiger partial charge in [0.25, 0.3) is 0 Å². The van der Waals surface area contributed by atoms with Crippen LogP contribution in [0.5, 0.6) is 0 Å². The molecule has 0 saturated carbocycles. The van der Waals surface area contributed by atoms with Gasteiger partial charge in [-0.15, -0.1) is 5.56 Å². The van der Waals surface area contributed by atoms with Gasteiger partial charge in [-0.05, 0) is 19.3 Å². The zero-order valence-electron chi connectivity index (χ0n) is 16.4. The van der Waals surface area contributed by atoms with Gasteiger partial charge in [0.1, 0.15) is 0 Å². The summed E-state index contributed by atoms with van der Waals surface area (Å²) in [6.07, 6.45) is 2.99. The van der Waals surface area contributed by atoms with Crippen molar-refractivity contribution in [2.75, 3.05) is 6.61 Å². The van der Waals surface area contributed by atoms with E-state index in [9.17, 15) is 0 Å². The number of benzene rings is 2. The molecule has 1 nitrogen and oxygen atoms in total. The molecule has 0 fully saturated rings. The van der Waals surface area contributed by atoms with Crippen molar-refractivity contribution in [1.29, 1.82) is 0 Å². The SMILES string of the molecule is C[SiH](C)[c-]1cccc1CCCO.[Cl-].[Cl-].[Zr+4].[c-]1cccc2c1Cc1ccccc1-2. The van der Waals surface area contributed by atoms with Gasteiger partial charge in [-0.2, -0.15) is 46.6 Å². The molecular weight excluding hydrogens is 482 g/mol. The number of fused-ring (bicyclic) bond motifs is 3. The number of aryl methyl sites for hydroxylation is 1. The quantitative estimate of drug-likeness (QED) is 0.252. The van der Waals surface area contributed by atoms with Crippen molar-refractivity contribution in [3.05, 3.63) is 83.4 Å². The van der Waals surface area contributed by atoms with Crippen molar-refractivity contribution < 1.29 is 56.1 Å². The van der Waals surface area contributed by atoms with Crippen LogP contribution >= 0.6 is 0 Å². The van der Waals surface area contributed by atoms with Gasteiger partial charge in [-0.1, -0.05) is 48.5 Å². The molecule has 1 aliphatic rings. The van der Waals surface area contributed by atoms with Crippen LogP contribution < -0.4 is 30.0 Å². The molecule has 0 aliphatic heterocycles. The maximum atomic E-state index is 8.71. The van der Waals surface area contributed by atoms with E-state index in [2.05, 4.69) is 73.8 Å². The third-order valence-electron chi connectivity index (χ3n) is 4.79. The molecule has 4 rings (SSSR count). The summed E-state index contributed by atoms with van der Waals surface area (Å²) in [6, 6.07) is 24.7. The molecule has 0 spiro atoms. The Kier molecular flexibility index (Phi) is 13.3. The summed E-state index contributed by atoms with van der Waals surface area (Å²) in [6.45, 7) is 5.00. The normalized spacial score (nSPS) is 10.4. The Morgan fingerprint density at radius 3 is 2.43 bits per heavy atom. The molecule has 0 unspecified atom stereocenters. The molecule has 5 heteroatoms. The summed E-state index contributed by atoms with van der Waals surface area (Å²) < 4.78 is 0. The maximum absolute atomic E-state index is 8.71. The molecule has 3 aromatic rings. The maximum Gasteiger partial charge on any atom is 4.00 e. The fourth-order valence-electron chi connectivity index (χ4n) is 3.53. The first kappa shape index (κ1) is 27.4. The van der Waals surface area contributed by atoms with Crippen molar-refractivity contribution in [3.63, 3.8) is 0 Å². The zero-order chi connectivity index (χ0) is 17.6. The van der Waals surface area contributed by atoms with Crippen LogP contribution in [0, 0.1) is 6.07 Å². The van der Waals surface area contributed by atoms with E-state index in [0.717, 1.165) is 19.3 Å². The predicted octanol–water partition coefficient (Wildman–Crippen LogP) is -1.91. The standard InChI is InChI=1S/C13H9.C10H17OSi.2ClH.Zr/c1-3-7-12-10(5-1)9-11-6-2-4-8-13(11)12;1-12(2)10-7-3-5-9(10)6-4-8-11;;;/h1-5,7-8H,9H2;3,5,7,11-12H,4,6,8H2,1-2H3;2*1H;/q2*-1;;;+4/p-2. The first-order valence-electron chi connectivity index (χ1n) is 9.14. The topological polar surface area (TPSA) is 20.2 Å². The smallest absolute Gasteiger partial charge is 1.00 e. The van der Waals surface area contributed by atoms with E-state index in [-0.39, 0.29) is 51.0 Å². The van der Waals surface area contributed by atoms with E-state index in [1.165, 1.54) is 27.8 Å². The molecule has 1 N–H and O–H groups in total. The molecule has 28 heavy (non-hydrogen) atoms.